The van der Waals surface area contributed by atoms with Gasteiger partial charge >= 0.3 is 6.36 Å². The molecule has 1 aromatic carbocycles. The van der Waals surface area contributed by atoms with Gasteiger partial charge in [0, 0.05) is 6.20 Å². The zero-order valence-electron chi connectivity index (χ0n) is 10.0. The molecule has 0 aliphatic heterocycles. The average Bonchev–Trinajstić information content (AvgIpc) is 2.38. The number of hydrogen-bond acceptors (Lipinski definition) is 3. The first kappa shape index (κ1) is 13.9. The fourth-order valence-corrected chi connectivity index (χ4v) is 1.59. The number of halogens is 3. The van der Waals surface area contributed by atoms with Gasteiger partial charge in [-0.2, -0.15) is 0 Å². The number of alkyl halides is 3. The van der Waals surface area contributed by atoms with Gasteiger partial charge in [0.25, 0.3) is 5.91 Å². The molecule has 2 rings (SSSR count). The van der Waals surface area contributed by atoms with Crippen LogP contribution in [0.3, 0.4) is 0 Å². The van der Waals surface area contributed by atoms with Crippen LogP contribution in [0, 0.1) is 0 Å². The summed E-state index contributed by atoms with van der Waals surface area (Å²) in [7, 11) is 0. The van der Waals surface area contributed by atoms with Crippen molar-refractivity contribution in [1.82, 2.24) is 4.98 Å². The molecule has 0 unspecified atom stereocenters. The van der Waals surface area contributed by atoms with E-state index in [1.807, 2.05) is 0 Å². The van der Waals surface area contributed by atoms with Crippen molar-refractivity contribution < 1.29 is 22.7 Å². The Kier molecular flexibility index (Phi) is 3.60. The Labute approximate surface area is 112 Å². The Bertz CT molecular complexity index is 624. The molecule has 0 bridgehead atoms. The van der Waals surface area contributed by atoms with Crippen molar-refractivity contribution in [2.75, 3.05) is 0 Å². The summed E-state index contributed by atoms with van der Waals surface area (Å²) in [4.78, 5) is 14.8. The van der Waals surface area contributed by atoms with E-state index in [9.17, 15) is 18.0 Å². The van der Waals surface area contributed by atoms with Crippen LogP contribution in [0.2, 0.25) is 0 Å². The summed E-state index contributed by atoms with van der Waals surface area (Å²) in [6, 6.07) is 8.34. The quantitative estimate of drug-likeness (QED) is 0.941. The number of ether oxygens (including phenoxy) is 1. The first-order valence-corrected chi connectivity index (χ1v) is 5.47. The lowest BCUT2D eigenvalue weighted by Gasteiger charge is -2.09. The lowest BCUT2D eigenvalue weighted by Crippen LogP contribution is -2.16. The standard InChI is InChI=1S/C13H9F3N2O2/c14-13(15,16)20-10-3-1-8(2-4-10)9-5-6-18-11(7-9)12(17)19/h1-7H,(H2,17,19). The Balaban J connectivity index is 2.26. The first-order chi connectivity index (χ1) is 9.35. The zero-order valence-corrected chi connectivity index (χ0v) is 10.0. The molecule has 4 nitrogen and oxygen atoms in total. The second-order valence-corrected chi connectivity index (χ2v) is 3.87. The van der Waals surface area contributed by atoms with Crippen LogP contribution in [0.5, 0.6) is 5.75 Å². The van der Waals surface area contributed by atoms with Gasteiger partial charge in [-0.3, -0.25) is 9.78 Å². The van der Waals surface area contributed by atoms with Gasteiger partial charge in [0.1, 0.15) is 11.4 Å². The second kappa shape index (κ2) is 5.20. The van der Waals surface area contributed by atoms with Gasteiger partial charge in [0.05, 0.1) is 0 Å². The van der Waals surface area contributed by atoms with Crippen LogP contribution in [0.1, 0.15) is 10.5 Å². The van der Waals surface area contributed by atoms with E-state index in [0.29, 0.717) is 11.1 Å². The van der Waals surface area contributed by atoms with Crippen molar-refractivity contribution in [3.63, 3.8) is 0 Å². The highest BCUT2D eigenvalue weighted by molar-refractivity contribution is 5.92. The fourth-order valence-electron chi connectivity index (χ4n) is 1.59. The summed E-state index contributed by atoms with van der Waals surface area (Å²) in [6.45, 7) is 0. The molecule has 0 radical (unpaired) electrons. The summed E-state index contributed by atoms with van der Waals surface area (Å²) in [5.74, 6) is -0.991. The van der Waals surface area contributed by atoms with Crippen LogP contribution in [0.25, 0.3) is 11.1 Å². The van der Waals surface area contributed by atoms with Gasteiger partial charge in [0.2, 0.25) is 0 Å². The molecule has 104 valence electrons. The van der Waals surface area contributed by atoms with Crippen LogP contribution in [0.15, 0.2) is 42.6 Å². The molecule has 0 saturated heterocycles. The van der Waals surface area contributed by atoms with Gasteiger partial charge in [0.15, 0.2) is 0 Å². The summed E-state index contributed by atoms with van der Waals surface area (Å²) in [6.07, 6.45) is -3.33. The Hall–Kier alpha value is -2.57. The predicted molar refractivity (Wildman–Crippen MR) is 64.9 cm³/mol. The molecule has 7 heteroatoms. The monoisotopic (exact) mass is 282 g/mol. The Morgan fingerprint density at radius 2 is 1.75 bits per heavy atom. The van der Waals surface area contributed by atoms with Gasteiger partial charge in [-0.1, -0.05) is 12.1 Å². The molecule has 0 fully saturated rings. The predicted octanol–water partition coefficient (Wildman–Crippen LogP) is 2.75. The molecule has 0 aliphatic rings. The molecular weight excluding hydrogens is 273 g/mol. The minimum Gasteiger partial charge on any atom is -0.406 e. The number of carbonyl (C=O) groups is 1. The normalized spacial score (nSPS) is 11.2. The third kappa shape index (κ3) is 3.47. The number of hydrogen-bond donors (Lipinski definition) is 1. The minimum absolute atomic E-state index is 0.0816. The maximum Gasteiger partial charge on any atom is 0.573 e. The number of primary amides is 1. The molecule has 20 heavy (non-hydrogen) atoms. The lowest BCUT2D eigenvalue weighted by molar-refractivity contribution is -0.274. The fraction of sp³-hybridized carbons (Fsp3) is 0.0769. The summed E-state index contributed by atoms with van der Waals surface area (Å²) < 4.78 is 39.8. The molecule has 2 aromatic rings. The van der Waals surface area contributed by atoms with Gasteiger partial charge in [-0.05, 0) is 35.4 Å². The first-order valence-electron chi connectivity index (χ1n) is 5.47. The number of aromatic nitrogens is 1. The molecule has 0 saturated carbocycles. The number of benzene rings is 1. The maximum atomic E-state index is 12.0. The third-order valence-corrected chi connectivity index (χ3v) is 2.43. The topological polar surface area (TPSA) is 65.2 Å². The highest BCUT2D eigenvalue weighted by Crippen LogP contribution is 2.26. The molecule has 2 N–H and O–H groups in total. The number of pyridine rings is 1. The molecule has 0 aliphatic carbocycles. The molecule has 1 heterocycles. The van der Waals surface area contributed by atoms with Gasteiger partial charge in [-0.15, -0.1) is 13.2 Å². The molecule has 0 atom stereocenters. The summed E-state index contributed by atoms with van der Waals surface area (Å²) in [5.41, 5.74) is 6.42. The molecule has 1 amide bonds. The number of carbonyl (C=O) groups excluding carboxylic acids is 1. The van der Waals surface area contributed by atoms with E-state index in [2.05, 4.69) is 9.72 Å². The van der Waals surface area contributed by atoms with Crippen molar-refractivity contribution in [3.05, 3.63) is 48.3 Å². The number of rotatable bonds is 3. The van der Waals surface area contributed by atoms with Crippen LogP contribution in [-0.2, 0) is 0 Å². The largest absolute Gasteiger partial charge is 0.573 e. The van der Waals surface area contributed by atoms with Gasteiger partial charge < -0.3 is 10.5 Å². The third-order valence-electron chi connectivity index (χ3n) is 2.43. The number of nitrogens with two attached hydrogens (primary N) is 1. The highest BCUT2D eigenvalue weighted by atomic mass is 19.4. The van der Waals surface area contributed by atoms with Crippen molar-refractivity contribution in [1.29, 1.82) is 0 Å². The smallest absolute Gasteiger partial charge is 0.406 e. The van der Waals surface area contributed by atoms with Crippen molar-refractivity contribution in [2.24, 2.45) is 5.73 Å². The van der Waals surface area contributed by atoms with E-state index in [1.54, 1.807) is 6.07 Å². The maximum absolute atomic E-state index is 12.0. The van der Waals surface area contributed by atoms with Crippen molar-refractivity contribution in [3.8, 4) is 16.9 Å². The SMILES string of the molecule is NC(=O)c1cc(-c2ccc(OC(F)(F)F)cc2)ccn1. The van der Waals surface area contributed by atoms with Crippen molar-refractivity contribution >= 4 is 5.91 Å². The number of nitrogens with zero attached hydrogens (tertiary/aromatic N) is 1. The Morgan fingerprint density at radius 1 is 1.10 bits per heavy atom. The van der Waals surface area contributed by atoms with Gasteiger partial charge in [-0.25, -0.2) is 0 Å². The molecule has 1 aromatic heterocycles. The van der Waals surface area contributed by atoms with E-state index >= 15 is 0 Å². The van der Waals surface area contributed by atoms with E-state index in [0.717, 1.165) is 0 Å². The van der Waals surface area contributed by atoms with Crippen LogP contribution < -0.4 is 10.5 Å². The zero-order chi connectivity index (χ0) is 14.8. The Morgan fingerprint density at radius 3 is 2.30 bits per heavy atom. The van der Waals surface area contributed by atoms with E-state index in [-0.39, 0.29) is 11.4 Å². The van der Waals surface area contributed by atoms with E-state index in [1.165, 1.54) is 36.5 Å². The van der Waals surface area contributed by atoms with E-state index < -0.39 is 12.3 Å². The van der Waals surface area contributed by atoms with Crippen LogP contribution in [0.4, 0.5) is 13.2 Å². The highest BCUT2D eigenvalue weighted by Gasteiger charge is 2.30. The minimum atomic E-state index is -4.72. The molecular formula is C13H9F3N2O2. The van der Waals surface area contributed by atoms with Crippen LogP contribution in [-0.4, -0.2) is 17.3 Å². The summed E-state index contributed by atoms with van der Waals surface area (Å²) >= 11 is 0. The summed E-state index contributed by atoms with van der Waals surface area (Å²) in [5, 5.41) is 0. The number of amides is 1. The lowest BCUT2D eigenvalue weighted by atomic mass is 10.1. The second-order valence-electron chi connectivity index (χ2n) is 3.87. The van der Waals surface area contributed by atoms with E-state index in [4.69, 9.17) is 5.73 Å². The average molecular weight is 282 g/mol. The van der Waals surface area contributed by atoms with Crippen molar-refractivity contribution in [2.45, 2.75) is 6.36 Å². The molecule has 0 spiro atoms. The van der Waals surface area contributed by atoms with Crippen LogP contribution >= 0.6 is 0 Å².